The van der Waals surface area contributed by atoms with E-state index < -0.39 is 0 Å². The van der Waals surface area contributed by atoms with Crippen molar-refractivity contribution in [3.63, 3.8) is 0 Å². The van der Waals surface area contributed by atoms with Gasteiger partial charge in [-0.2, -0.15) is 0 Å². The van der Waals surface area contributed by atoms with Crippen molar-refractivity contribution >= 4 is 5.91 Å². The zero-order valence-corrected chi connectivity index (χ0v) is 17.8. The van der Waals surface area contributed by atoms with Crippen molar-refractivity contribution in [2.24, 2.45) is 0 Å². The molecule has 2 aromatic rings. The molecule has 1 spiro atoms. The lowest BCUT2D eigenvalue weighted by Crippen LogP contribution is -2.54. The van der Waals surface area contributed by atoms with Crippen LogP contribution in [-0.4, -0.2) is 58.1 Å². The lowest BCUT2D eigenvalue weighted by atomic mass is 9.81. The van der Waals surface area contributed by atoms with Crippen LogP contribution in [0.15, 0.2) is 41.1 Å². The summed E-state index contributed by atoms with van der Waals surface area (Å²) in [5.74, 6) is 0.326. The first-order valence-corrected chi connectivity index (χ1v) is 11.3. The summed E-state index contributed by atoms with van der Waals surface area (Å²) in [4.78, 5) is 21.5. The molecule has 1 aromatic heterocycles. The van der Waals surface area contributed by atoms with Gasteiger partial charge >= 0.3 is 0 Å². The maximum atomic E-state index is 12.8. The summed E-state index contributed by atoms with van der Waals surface area (Å²) in [6, 6.07) is 12.1. The Kier molecular flexibility index (Phi) is 5.37. The van der Waals surface area contributed by atoms with Crippen molar-refractivity contribution in [3.05, 3.63) is 53.7 Å². The second-order valence-electron chi connectivity index (χ2n) is 9.13. The van der Waals surface area contributed by atoms with Gasteiger partial charge in [0.05, 0.1) is 11.3 Å². The molecule has 0 bridgehead atoms. The maximum Gasteiger partial charge on any atom is 0.291 e. The number of aryl methyl sites for hydroxylation is 1. The number of benzene rings is 1. The highest BCUT2D eigenvalue weighted by Crippen LogP contribution is 2.40. The van der Waals surface area contributed by atoms with Crippen LogP contribution < -0.4 is 0 Å². The molecule has 1 aliphatic carbocycles. The first-order chi connectivity index (χ1) is 14.6. The molecule has 3 fully saturated rings. The Balaban J connectivity index is 1.24. The van der Waals surface area contributed by atoms with E-state index in [9.17, 15) is 4.79 Å². The van der Waals surface area contributed by atoms with Crippen LogP contribution in [0.2, 0.25) is 0 Å². The number of aromatic nitrogens is 1. The van der Waals surface area contributed by atoms with Gasteiger partial charge in [-0.15, -0.1) is 0 Å². The highest BCUT2D eigenvalue weighted by atomic mass is 16.5. The molecular weight excluding hydrogens is 378 g/mol. The molecule has 1 unspecified atom stereocenters. The minimum atomic E-state index is -0.0972. The summed E-state index contributed by atoms with van der Waals surface area (Å²) in [6.07, 6.45) is 7.94. The minimum absolute atomic E-state index is 0.0455. The molecule has 2 saturated heterocycles. The van der Waals surface area contributed by atoms with Gasteiger partial charge in [-0.3, -0.25) is 9.69 Å². The number of piperidine rings is 1. The van der Waals surface area contributed by atoms with Gasteiger partial charge in [-0.05, 0) is 51.0 Å². The molecule has 2 aliphatic heterocycles. The molecule has 0 N–H and O–H groups in total. The number of ether oxygens (including phenoxy) is 1. The fraction of sp³-hybridized carbons (Fsp3) is 0.583. The molecule has 3 aliphatic rings. The van der Waals surface area contributed by atoms with Crippen molar-refractivity contribution in [2.45, 2.75) is 69.7 Å². The molecule has 160 valence electrons. The number of likely N-dealkylation sites (tertiary alicyclic amines) is 1. The van der Waals surface area contributed by atoms with Crippen molar-refractivity contribution in [3.8, 4) is 0 Å². The smallest absolute Gasteiger partial charge is 0.291 e. The SMILES string of the molecule is Cc1ncoc1C(=O)N1CCC2(CC1)CC(N(Cc1ccccc1)C1CC1)CCO2. The van der Waals surface area contributed by atoms with Crippen molar-refractivity contribution in [1.82, 2.24) is 14.8 Å². The van der Waals surface area contributed by atoms with E-state index in [0.717, 1.165) is 44.9 Å². The fourth-order valence-electron chi connectivity index (χ4n) is 5.16. The number of amides is 1. The first kappa shape index (κ1) is 19.8. The lowest BCUT2D eigenvalue weighted by Gasteiger charge is -2.48. The molecular formula is C24H31N3O3. The predicted octanol–water partition coefficient (Wildman–Crippen LogP) is 3.80. The molecule has 1 aromatic carbocycles. The number of rotatable bonds is 5. The van der Waals surface area contributed by atoms with Crippen LogP contribution in [-0.2, 0) is 11.3 Å². The van der Waals surface area contributed by atoms with Gasteiger partial charge in [0.25, 0.3) is 5.91 Å². The molecule has 3 heterocycles. The van der Waals surface area contributed by atoms with E-state index in [4.69, 9.17) is 9.15 Å². The third-order valence-corrected chi connectivity index (χ3v) is 7.06. The van der Waals surface area contributed by atoms with E-state index in [2.05, 4.69) is 40.2 Å². The average Bonchev–Trinajstić information content (AvgIpc) is 3.53. The van der Waals surface area contributed by atoms with Gasteiger partial charge < -0.3 is 14.1 Å². The van der Waals surface area contributed by atoms with E-state index in [1.54, 1.807) is 0 Å². The Bertz CT molecular complexity index is 869. The van der Waals surface area contributed by atoms with Crippen LogP contribution in [0.4, 0.5) is 0 Å². The topological polar surface area (TPSA) is 58.8 Å². The van der Waals surface area contributed by atoms with Gasteiger partial charge in [0.1, 0.15) is 0 Å². The molecule has 1 amide bonds. The van der Waals surface area contributed by atoms with Crippen LogP contribution in [0.3, 0.4) is 0 Å². The number of hydrogen-bond acceptors (Lipinski definition) is 5. The summed E-state index contributed by atoms with van der Waals surface area (Å²) < 4.78 is 11.7. The standard InChI is InChI=1S/C24H31N3O3/c1-18-22(29-17-25-18)23(28)26-12-10-24(11-13-26)15-21(9-14-30-24)27(20-7-8-20)16-19-5-3-2-4-6-19/h2-6,17,20-21H,7-16H2,1H3. The number of carbonyl (C=O) groups excluding carboxylic acids is 1. The van der Waals surface area contributed by atoms with Crippen molar-refractivity contribution < 1.29 is 13.9 Å². The molecule has 5 rings (SSSR count). The van der Waals surface area contributed by atoms with Crippen LogP contribution in [0.25, 0.3) is 0 Å². The summed E-state index contributed by atoms with van der Waals surface area (Å²) in [6.45, 7) is 5.09. The Hall–Kier alpha value is -2.18. The van der Waals surface area contributed by atoms with Crippen LogP contribution in [0.1, 0.15) is 60.3 Å². The zero-order valence-electron chi connectivity index (χ0n) is 17.8. The van der Waals surface area contributed by atoms with Gasteiger partial charge in [0.15, 0.2) is 6.39 Å². The second-order valence-corrected chi connectivity index (χ2v) is 9.13. The lowest BCUT2D eigenvalue weighted by molar-refractivity contribution is -0.131. The first-order valence-electron chi connectivity index (χ1n) is 11.3. The summed E-state index contributed by atoms with van der Waals surface area (Å²) in [7, 11) is 0. The third-order valence-electron chi connectivity index (χ3n) is 7.06. The highest BCUT2D eigenvalue weighted by Gasteiger charge is 2.45. The van der Waals surface area contributed by atoms with Crippen LogP contribution in [0, 0.1) is 6.92 Å². The number of carbonyl (C=O) groups is 1. The van der Waals surface area contributed by atoms with E-state index in [1.165, 1.54) is 24.8 Å². The second kappa shape index (κ2) is 8.16. The van der Waals surface area contributed by atoms with E-state index in [1.807, 2.05) is 11.8 Å². The number of hydrogen-bond donors (Lipinski definition) is 0. The summed E-state index contributed by atoms with van der Waals surface area (Å²) in [5.41, 5.74) is 1.96. The Morgan fingerprint density at radius 3 is 2.60 bits per heavy atom. The number of oxazole rings is 1. The van der Waals surface area contributed by atoms with Crippen LogP contribution in [0.5, 0.6) is 0 Å². The maximum absolute atomic E-state index is 12.8. The molecule has 0 radical (unpaired) electrons. The van der Waals surface area contributed by atoms with E-state index in [0.29, 0.717) is 30.6 Å². The molecule has 6 heteroatoms. The van der Waals surface area contributed by atoms with E-state index >= 15 is 0 Å². The quantitative estimate of drug-likeness (QED) is 0.752. The van der Waals surface area contributed by atoms with E-state index in [-0.39, 0.29) is 11.5 Å². The predicted molar refractivity (Wildman–Crippen MR) is 113 cm³/mol. The zero-order chi connectivity index (χ0) is 20.6. The normalized spacial score (nSPS) is 23.8. The molecule has 6 nitrogen and oxygen atoms in total. The monoisotopic (exact) mass is 409 g/mol. The Morgan fingerprint density at radius 1 is 1.17 bits per heavy atom. The van der Waals surface area contributed by atoms with Crippen molar-refractivity contribution in [1.29, 1.82) is 0 Å². The average molecular weight is 410 g/mol. The van der Waals surface area contributed by atoms with Gasteiger partial charge in [0, 0.05) is 38.3 Å². The third kappa shape index (κ3) is 4.03. The Labute approximate surface area is 178 Å². The Morgan fingerprint density at radius 2 is 1.93 bits per heavy atom. The molecule has 1 atom stereocenters. The summed E-state index contributed by atoms with van der Waals surface area (Å²) >= 11 is 0. The van der Waals surface area contributed by atoms with Crippen molar-refractivity contribution in [2.75, 3.05) is 19.7 Å². The van der Waals surface area contributed by atoms with Gasteiger partial charge in [-0.1, -0.05) is 30.3 Å². The fourth-order valence-corrected chi connectivity index (χ4v) is 5.16. The van der Waals surface area contributed by atoms with Gasteiger partial charge in [-0.25, -0.2) is 4.98 Å². The largest absolute Gasteiger partial charge is 0.438 e. The van der Waals surface area contributed by atoms with Crippen LogP contribution >= 0.6 is 0 Å². The highest BCUT2D eigenvalue weighted by molar-refractivity contribution is 5.92. The molecule has 1 saturated carbocycles. The number of nitrogens with zero attached hydrogens (tertiary/aromatic N) is 3. The minimum Gasteiger partial charge on any atom is -0.438 e. The molecule has 30 heavy (non-hydrogen) atoms. The summed E-state index contributed by atoms with van der Waals surface area (Å²) in [5, 5.41) is 0. The van der Waals surface area contributed by atoms with Gasteiger partial charge in [0.2, 0.25) is 5.76 Å².